The number of hydrogen-bond donors (Lipinski definition) is 3. The molecule has 1 amide bonds. The molecule has 0 aliphatic carbocycles. The third kappa shape index (κ3) is 3.46. The normalized spacial score (nSPS) is 16.7. The van der Waals surface area contributed by atoms with Gasteiger partial charge in [0.25, 0.3) is 0 Å². The number of hydrogen-bond acceptors (Lipinski definition) is 3. The third-order valence-electron chi connectivity index (χ3n) is 3.22. The molecule has 0 radical (unpaired) electrons. The van der Waals surface area contributed by atoms with Crippen molar-refractivity contribution in [2.75, 3.05) is 25.0 Å². The van der Waals surface area contributed by atoms with Crippen LogP contribution in [0.5, 0.6) is 0 Å². The van der Waals surface area contributed by atoms with E-state index in [2.05, 4.69) is 10.6 Å². The summed E-state index contributed by atoms with van der Waals surface area (Å²) in [5.74, 6) is 0.363. The number of primary amides is 1. The Morgan fingerprint density at radius 3 is 2.53 bits per heavy atom. The summed E-state index contributed by atoms with van der Waals surface area (Å²) in [7, 11) is 0. The number of piperidine rings is 1. The minimum atomic E-state index is -0.380. The van der Waals surface area contributed by atoms with E-state index in [1.54, 1.807) is 12.1 Å². The Hall–Kier alpha value is -1.55. The summed E-state index contributed by atoms with van der Waals surface area (Å²) in [4.78, 5) is 10.9. The van der Waals surface area contributed by atoms with Gasteiger partial charge in [0.1, 0.15) is 0 Å². The number of benzene rings is 1. The van der Waals surface area contributed by atoms with Gasteiger partial charge in [-0.2, -0.15) is 0 Å². The van der Waals surface area contributed by atoms with Crippen LogP contribution in [0.3, 0.4) is 0 Å². The first-order valence-corrected chi connectivity index (χ1v) is 6.10. The summed E-state index contributed by atoms with van der Waals surface area (Å²) >= 11 is 0. The highest BCUT2D eigenvalue weighted by atomic mass is 16.1. The molecule has 4 N–H and O–H groups in total. The van der Waals surface area contributed by atoms with E-state index in [9.17, 15) is 4.79 Å². The fraction of sp³-hybridized carbons (Fsp3) is 0.462. The van der Waals surface area contributed by atoms with E-state index in [1.807, 2.05) is 12.1 Å². The van der Waals surface area contributed by atoms with Crippen molar-refractivity contribution in [2.45, 2.75) is 12.8 Å². The Morgan fingerprint density at radius 1 is 1.29 bits per heavy atom. The van der Waals surface area contributed by atoms with Crippen LogP contribution in [0.25, 0.3) is 0 Å². The van der Waals surface area contributed by atoms with Crippen LogP contribution < -0.4 is 16.4 Å². The highest BCUT2D eigenvalue weighted by Crippen LogP contribution is 2.14. The highest BCUT2D eigenvalue weighted by Gasteiger charge is 2.12. The lowest BCUT2D eigenvalue weighted by molar-refractivity contribution is 0.100. The maximum atomic E-state index is 10.9. The van der Waals surface area contributed by atoms with E-state index in [4.69, 9.17) is 5.73 Å². The van der Waals surface area contributed by atoms with Gasteiger partial charge in [0.15, 0.2) is 0 Å². The predicted octanol–water partition coefficient (Wildman–Crippen LogP) is 1.20. The SMILES string of the molecule is NC(=O)c1ccc(NCC2CCNCC2)cc1. The smallest absolute Gasteiger partial charge is 0.248 e. The maximum absolute atomic E-state index is 10.9. The molecule has 2 rings (SSSR count). The van der Waals surface area contributed by atoms with Crippen molar-refractivity contribution >= 4 is 11.6 Å². The number of carbonyl (C=O) groups is 1. The topological polar surface area (TPSA) is 67.2 Å². The molecule has 92 valence electrons. The quantitative estimate of drug-likeness (QED) is 0.732. The Labute approximate surface area is 102 Å². The number of nitrogens with one attached hydrogen (secondary N) is 2. The van der Waals surface area contributed by atoms with Crippen LogP contribution >= 0.6 is 0 Å². The molecule has 4 nitrogen and oxygen atoms in total. The zero-order chi connectivity index (χ0) is 12.1. The van der Waals surface area contributed by atoms with Gasteiger partial charge in [0, 0.05) is 17.8 Å². The first-order valence-electron chi connectivity index (χ1n) is 6.10. The van der Waals surface area contributed by atoms with Gasteiger partial charge in [-0.25, -0.2) is 0 Å². The molecule has 1 aliphatic rings. The first kappa shape index (κ1) is 11.9. The molecule has 1 aromatic rings. The summed E-state index contributed by atoms with van der Waals surface area (Å²) in [6, 6.07) is 7.32. The lowest BCUT2D eigenvalue weighted by Gasteiger charge is -2.23. The number of rotatable bonds is 4. The minimum absolute atomic E-state index is 0.380. The summed E-state index contributed by atoms with van der Waals surface area (Å²) in [5.41, 5.74) is 6.79. The molecular weight excluding hydrogens is 214 g/mol. The Bertz CT molecular complexity index is 369. The molecule has 1 saturated heterocycles. The zero-order valence-corrected chi connectivity index (χ0v) is 9.91. The monoisotopic (exact) mass is 233 g/mol. The second kappa shape index (κ2) is 5.68. The minimum Gasteiger partial charge on any atom is -0.385 e. The van der Waals surface area contributed by atoms with E-state index in [-0.39, 0.29) is 5.91 Å². The van der Waals surface area contributed by atoms with E-state index in [1.165, 1.54) is 12.8 Å². The van der Waals surface area contributed by atoms with Crippen LogP contribution in [-0.4, -0.2) is 25.5 Å². The number of amides is 1. The summed E-state index contributed by atoms with van der Waals surface area (Å²) in [6.07, 6.45) is 2.46. The summed E-state index contributed by atoms with van der Waals surface area (Å²) in [6.45, 7) is 3.23. The molecule has 0 atom stereocenters. The molecule has 0 spiro atoms. The van der Waals surface area contributed by atoms with E-state index < -0.39 is 0 Å². The van der Waals surface area contributed by atoms with Crippen LogP contribution in [0, 0.1) is 5.92 Å². The average Bonchev–Trinajstić information content (AvgIpc) is 2.38. The van der Waals surface area contributed by atoms with Crippen molar-refractivity contribution in [3.05, 3.63) is 29.8 Å². The van der Waals surface area contributed by atoms with E-state index >= 15 is 0 Å². The average molecular weight is 233 g/mol. The van der Waals surface area contributed by atoms with Gasteiger partial charge in [0.05, 0.1) is 0 Å². The van der Waals surface area contributed by atoms with Crippen molar-refractivity contribution < 1.29 is 4.79 Å². The Balaban J connectivity index is 1.84. The van der Waals surface area contributed by atoms with Crippen LogP contribution in [0.15, 0.2) is 24.3 Å². The summed E-state index contributed by atoms with van der Waals surface area (Å²) in [5, 5.41) is 6.75. The first-order chi connectivity index (χ1) is 8.25. The van der Waals surface area contributed by atoms with Crippen molar-refractivity contribution in [3.8, 4) is 0 Å². The van der Waals surface area contributed by atoms with Crippen molar-refractivity contribution in [3.63, 3.8) is 0 Å². The maximum Gasteiger partial charge on any atom is 0.248 e. The molecule has 0 unspecified atom stereocenters. The second-order valence-electron chi connectivity index (χ2n) is 4.52. The molecule has 0 saturated carbocycles. The molecule has 1 aromatic carbocycles. The standard InChI is InChI=1S/C13H19N3O/c14-13(17)11-1-3-12(4-2-11)16-9-10-5-7-15-8-6-10/h1-4,10,15-16H,5-9H2,(H2,14,17). The fourth-order valence-electron chi connectivity index (χ4n) is 2.10. The molecule has 1 aliphatic heterocycles. The van der Waals surface area contributed by atoms with Crippen LogP contribution in [0.1, 0.15) is 23.2 Å². The van der Waals surface area contributed by atoms with Crippen molar-refractivity contribution in [2.24, 2.45) is 11.7 Å². The fourth-order valence-corrected chi connectivity index (χ4v) is 2.10. The van der Waals surface area contributed by atoms with Gasteiger partial charge in [-0.3, -0.25) is 4.79 Å². The van der Waals surface area contributed by atoms with Crippen molar-refractivity contribution in [1.29, 1.82) is 0 Å². The predicted molar refractivity (Wildman–Crippen MR) is 69.0 cm³/mol. The zero-order valence-electron chi connectivity index (χ0n) is 9.91. The molecule has 1 heterocycles. The largest absolute Gasteiger partial charge is 0.385 e. The Kier molecular flexibility index (Phi) is 3.98. The molecule has 0 bridgehead atoms. The molecule has 17 heavy (non-hydrogen) atoms. The molecule has 4 heteroatoms. The van der Waals surface area contributed by atoms with Crippen LogP contribution in [0.4, 0.5) is 5.69 Å². The van der Waals surface area contributed by atoms with Gasteiger partial charge in [0.2, 0.25) is 5.91 Å². The lowest BCUT2D eigenvalue weighted by Crippen LogP contribution is -2.31. The van der Waals surface area contributed by atoms with Gasteiger partial charge in [-0.05, 0) is 56.1 Å². The highest BCUT2D eigenvalue weighted by molar-refractivity contribution is 5.93. The van der Waals surface area contributed by atoms with Gasteiger partial charge in [-0.1, -0.05) is 0 Å². The van der Waals surface area contributed by atoms with Gasteiger partial charge >= 0.3 is 0 Å². The van der Waals surface area contributed by atoms with Crippen LogP contribution in [0.2, 0.25) is 0 Å². The second-order valence-corrected chi connectivity index (χ2v) is 4.52. The summed E-state index contributed by atoms with van der Waals surface area (Å²) < 4.78 is 0. The molecule has 1 fully saturated rings. The lowest BCUT2D eigenvalue weighted by atomic mass is 9.98. The molecule has 0 aromatic heterocycles. The van der Waals surface area contributed by atoms with E-state index in [0.29, 0.717) is 5.56 Å². The number of nitrogens with two attached hydrogens (primary N) is 1. The number of anilines is 1. The molecular formula is C13H19N3O. The Morgan fingerprint density at radius 2 is 1.94 bits per heavy atom. The number of carbonyl (C=O) groups excluding carboxylic acids is 1. The third-order valence-corrected chi connectivity index (χ3v) is 3.22. The van der Waals surface area contributed by atoms with Crippen molar-refractivity contribution in [1.82, 2.24) is 5.32 Å². The van der Waals surface area contributed by atoms with Gasteiger partial charge < -0.3 is 16.4 Å². The van der Waals surface area contributed by atoms with Crippen LogP contribution in [-0.2, 0) is 0 Å². The van der Waals surface area contributed by atoms with Gasteiger partial charge in [-0.15, -0.1) is 0 Å². The van der Waals surface area contributed by atoms with E-state index in [0.717, 1.165) is 31.2 Å².